The van der Waals surface area contributed by atoms with Gasteiger partial charge in [0.2, 0.25) is 0 Å². The molecule has 0 unspecified atom stereocenters. The van der Waals surface area contributed by atoms with Crippen molar-refractivity contribution in [3.8, 4) is 5.75 Å². The van der Waals surface area contributed by atoms with Crippen molar-refractivity contribution in [2.75, 3.05) is 0 Å². The standard InChI is InChI=1S/C12H13NO6/c14-10(15)7-6-9(11(16)17)13-12(18)19-8-4-2-1-3-5-8/h1-5,9H,6-7H2,(H,13,18)(H,14,15)(H,16,17)/t9-/m1/s1. The number of hydrogen-bond acceptors (Lipinski definition) is 4. The number of benzene rings is 1. The predicted molar refractivity (Wildman–Crippen MR) is 63.9 cm³/mol. The number of nitrogens with one attached hydrogen (secondary N) is 1. The molecule has 7 nitrogen and oxygen atoms in total. The quantitative estimate of drug-likeness (QED) is 0.711. The first-order valence-electron chi connectivity index (χ1n) is 5.47. The Labute approximate surface area is 108 Å². The van der Waals surface area contributed by atoms with Crippen LogP contribution in [0.2, 0.25) is 0 Å². The summed E-state index contributed by atoms with van der Waals surface area (Å²) in [5.41, 5.74) is 0. The molecule has 7 heteroatoms. The lowest BCUT2D eigenvalue weighted by Crippen LogP contribution is -2.42. The van der Waals surface area contributed by atoms with Crippen LogP contribution in [0.3, 0.4) is 0 Å². The number of carbonyl (C=O) groups is 3. The topological polar surface area (TPSA) is 113 Å². The van der Waals surface area contributed by atoms with Gasteiger partial charge in [0, 0.05) is 6.42 Å². The van der Waals surface area contributed by atoms with Crippen molar-refractivity contribution in [1.82, 2.24) is 5.32 Å². The molecular formula is C12H13NO6. The lowest BCUT2D eigenvalue weighted by molar-refractivity contribution is -0.140. The number of aliphatic carboxylic acids is 2. The van der Waals surface area contributed by atoms with E-state index in [2.05, 4.69) is 5.32 Å². The molecular weight excluding hydrogens is 254 g/mol. The van der Waals surface area contributed by atoms with Crippen molar-refractivity contribution in [2.45, 2.75) is 18.9 Å². The first-order valence-corrected chi connectivity index (χ1v) is 5.47. The van der Waals surface area contributed by atoms with Crippen LogP contribution in [0.25, 0.3) is 0 Å². The van der Waals surface area contributed by atoms with E-state index in [4.69, 9.17) is 14.9 Å². The molecule has 0 aliphatic carbocycles. The molecule has 0 aliphatic heterocycles. The van der Waals surface area contributed by atoms with Crippen molar-refractivity contribution in [3.05, 3.63) is 30.3 Å². The van der Waals surface area contributed by atoms with Gasteiger partial charge in [0.25, 0.3) is 0 Å². The second-order valence-electron chi connectivity index (χ2n) is 3.67. The highest BCUT2D eigenvalue weighted by Gasteiger charge is 2.21. The maximum atomic E-state index is 11.4. The molecule has 0 spiro atoms. The number of rotatable bonds is 6. The molecule has 0 aromatic heterocycles. The Morgan fingerprint density at radius 2 is 1.79 bits per heavy atom. The second-order valence-corrected chi connectivity index (χ2v) is 3.67. The lowest BCUT2D eigenvalue weighted by Gasteiger charge is -2.13. The summed E-state index contributed by atoms with van der Waals surface area (Å²) in [7, 11) is 0. The van der Waals surface area contributed by atoms with Crippen LogP contribution in [-0.4, -0.2) is 34.3 Å². The summed E-state index contributed by atoms with van der Waals surface area (Å²) in [6.07, 6.45) is -1.51. The minimum Gasteiger partial charge on any atom is -0.481 e. The fourth-order valence-electron chi connectivity index (χ4n) is 1.29. The van der Waals surface area contributed by atoms with Gasteiger partial charge in [-0.25, -0.2) is 9.59 Å². The van der Waals surface area contributed by atoms with Crippen LogP contribution in [0.4, 0.5) is 4.79 Å². The molecule has 19 heavy (non-hydrogen) atoms. The Morgan fingerprint density at radius 1 is 1.16 bits per heavy atom. The van der Waals surface area contributed by atoms with Gasteiger partial charge in [-0.2, -0.15) is 0 Å². The summed E-state index contributed by atoms with van der Waals surface area (Å²) in [6, 6.07) is 6.81. The number of carbonyl (C=O) groups excluding carboxylic acids is 1. The Bertz CT molecular complexity index is 459. The monoisotopic (exact) mass is 267 g/mol. The van der Waals surface area contributed by atoms with Gasteiger partial charge in [0.1, 0.15) is 11.8 Å². The van der Waals surface area contributed by atoms with Gasteiger partial charge in [-0.3, -0.25) is 4.79 Å². The van der Waals surface area contributed by atoms with E-state index < -0.39 is 24.1 Å². The van der Waals surface area contributed by atoms with E-state index in [1.165, 1.54) is 12.1 Å². The molecule has 0 aliphatic rings. The molecule has 3 N–H and O–H groups in total. The smallest absolute Gasteiger partial charge is 0.413 e. The van der Waals surface area contributed by atoms with E-state index in [1.54, 1.807) is 18.2 Å². The van der Waals surface area contributed by atoms with Crippen LogP contribution in [-0.2, 0) is 9.59 Å². The van der Waals surface area contributed by atoms with Gasteiger partial charge in [-0.05, 0) is 18.6 Å². The number of carboxylic acids is 2. The molecule has 1 amide bonds. The number of ether oxygens (including phenoxy) is 1. The highest BCUT2D eigenvalue weighted by atomic mass is 16.6. The normalized spacial score (nSPS) is 11.4. The van der Waals surface area contributed by atoms with Crippen LogP contribution < -0.4 is 10.1 Å². The third-order valence-corrected chi connectivity index (χ3v) is 2.19. The second kappa shape index (κ2) is 7.00. The molecule has 1 aromatic carbocycles. The molecule has 0 radical (unpaired) electrons. The maximum absolute atomic E-state index is 11.4. The Kier molecular flexibility index (Phi) is 5.34. The minimum atomic E-state index is -1.31. The zero-order chi connectivity index (χ0) is 14.3. The van der Waals surface area contributed by atoms with Gasteiger partial charge in [0.15, 0.2) is 0 Å². The van der Waals surface area contributed by atoms with Crippen molar-refractivity contribution in [3.63, 3.8) is 0 Å². The van der Waals surface area contributed by atoms with Crippen molar-refractivity contribution < 1.29 is 29.3 Å². The molecule has 1 atom stereocenters. The minimum absolute atomic E-state index is 0.214. The Hall–Kier alpha value is -2.57. The lowest BCUT2D eigenvalue weighted by atomic mass is 10.1. The van der Waals surface area contributed by atoms with Crippen LogP contribution in [0.15, 0.2) is 30.3 Å². The Balaban J connectivity index is 2.52. The summed E-state index contributed by atoms with van der Waals surface area (Å²) in [5.74, 6) is -2.18. The zero-order valence-electron chi connectivity index (χ0n) is 9.91. The predicted octanol–water partition coefficient (Wildman–Crippen LogP) is 1.09. The van der Waals surface area contributed by atoms with Gasteiger partial charge in [0.05, 0.1) is 0 Å². The molecule has 0 bridgehead atoms. The number of amides is 1. The van der Waals surface area contributed by atoms with E-state index in [0.29, 0.717) is 0 Å². The van der Waals surface area contributed by atoms with E-state index in [0.717, 1.165) is 0 Å². The van der Waals surface area contributed by atoms with Gasteiger partial charge < -0.3 is 20.3 Å². The van der Waals surface area contributed by atoms with E-state index in [-0.39, 0.29) is 18.6 Å². The van der Waals surface area contributed by atoms with Crippen LogP contribution >= 0.6 is 0 Å². The summed E-state index contributed by atoms with van der Waals surface area (Å²) >= 11 is 0. The largest absolute Gasteiger partial charge is 0.481 e. The molecule has 102 valence electrons. The third-order valence-electron chi connectivity index (χ3n) is 2.19. The molecule has 0 saturated heterocycles. The summed E-state index contributed by atoms with van der Waals surface area (Å²) < 4.78 is 4.84. The zero-order valence-corrected chi connectivity index (χ0v) is 9.91. The first kappa shape index (κ1) is 14.5. The maximum Gasteiger partial charge on any atom is 0.413 e. The van der Waals surface area contributed by atoms with Crippen molar-refractivity contribution >= 4 is 18.0 Å². The van der Waals surface area contributed by atoms with Crippen molar-refractivity contribution in [2.24, 2.45) is 0 Å². The highest BCUT2D eigenvalue weighted by Crippen LogP contribution is 2.08. The fourth-order valence-corrected chi connectivity index (χ4v) is 1.29. The number of para-hydroxylation sites is 1. The van der Waals surface area contributed by atoms with E-state index in [9.17, 15) is 14.4 Å². The van der Waals surface area contributed by atoms with Gasteiger partial charge in [-0.1, -0.05) is 18.2 Å². The Morgan fingerprint density at radius 3 is 2.32 bits per heavy atom. The highest BCUT2D eigenvalue weighted by molar-refractivity contribution is 5.81. The van der Waals surface area contributed by atoms with Gasteiger partial charge in [-0.15, -0.1) is 0 Å². The van der Waals surface area contributed by atoms with Crippen LogP contribution in [0.5, 0.6) is 5.75 Å². The molecule has 1 rings (SSSR count). The molecule has 0 fully saturated rings. The summed E-state index contributed by atoms with van der Waals surface area (Å²) in [4.78, 5) is 32.6. The average molecular weight is 267 g/mol. The van der Waals surface area contributed by atoms with Gasteiger partial charge >= 0.3 is 18.0 Å². The first-order chi connectivity index (χ1) is 8.99. The molecule has 1 aromatic rings. The SMILES string of the molecule is O=C(O)CC[C@@H](NC(=O)Oc1ccccc1)C(=O)O. The number of hydrogen-bond donors (Lipinski definition) is 3. The van der Waals surface area contributed by atoms with E-state index in [1.807, 2.05) is 0 Å². The number of carboxylic acid groups (broad SMARTS) is 2. The molecule has 0 heterocycles. The van der Waals surface area contributed by atoms with E-state index >= 15 is 0 Å². The summed E-state index contributed by atoms with van der Waals surface area (Å²) in [6.45, 7) is 0. The third kappa shape index (κ3) is 5.53. The molecule has 0 saturated carbocycles. The van der Waals surface area contributed by atoms with Crippen LogP contribution in [0, 0.1) is 0 Å². The fraction of sp³-hybridized carbons (Fsp3) is 0.250. The average Bonchev–Trinajstić information content (AvgIpc) is 2.35. The summed E-state index contributed by atoms with van der Waals surface area (Å²) in [5, 5.41) is 19.4. The van der Waals surface area contributed by atoms with Crippen molar-refractivity contribution in [1.29, 1.82) is 0 Å². The van der Waals surface area contributed by atoms with Crippen LogP contribution in [0.1, 0.15) is 12.8 Å².